The highest BCUT2D eigenvalue weighted by molar-refractivity contribution is 9.10. The van der Waals surface area contributed by atoms with Crippen molar-refractivity contribution in [3.8, 4) is 17.1 Å². The van der Waals surface area contributed by atoms with Crippen LogP contribution < -0.4 is 15.6 Å². The number of piperidine rings is 1. The molecular weight excluding hydrogens is 586 g/mol. The van der Waals surface area contributed by atoms with Gasteiger partial charge in [-0.1, -0.05) is 6.07 Å². The Morgan fingerprint density at radius 2 is 2.10 bits per heavy atom. The lowest BCUT2D eigenvalue weighted by atomic mass is 9.88. The van der Waals surface area contributed by atoms with Crippen molar-refractivity contribution in [1.29, 1.82) is 0 Å². The van der Waals surface area contributed by atoms with Gasteiger partial charge in [0.2, 0.25) is 0 Å². The Balaban J connectivity index is 1.22. The summed E-state index contributed by atoms with van der Waals surface area (Å²) in [6.45, 7) is 6.83. The van der Waals surface area contributed by atoms with Gasteiger partial charge in [-0.15, -0.1) is 0 Å². The number of imidazole rings is 1. The Hall–Kier alpha value is -3.18. The van der Waals surface area contributed by atoms with Crippen molar-refractivity contribution in [2.24, 2.45) is 0 Å². The van der Waals surface area contributed by atoms with Gasteiger partial charge in [-0.2, -0.15) is 0 Å². The van der Waals surface area contributed by atoms with E-state index in [0.717, 1.165) is 83.4 Å². The summed E-state index contributed by atoms with van der Waals surface area (Å²) in [5.41, 5.74) is 6.84. The smallest absolute Gasteiger partial charge is 0.261 e. The van der Waals surface area contributed by atoms with Crippen LogP contribution in [0.25, 0.3) is 22.4 Å². The van der Waals surface area contributed by atoms with Gasteiger partial charge in [0.25, 0.3) is 5.56 Å². The van der Waals surface area contributed by atoms with Gasteiger partial charge in [-0.3, -0.25) is 4.79 Å². The average Bonchev–Trinajstić information content (AvgIpc) is 3.63. The molecule has 0 radical (unpaired) electrons. The molecule has 10 heteroatoms. The summed E-state index contributed by atoms with van der Waals surface area (Å²) < 4.78 is 11.7. The van der Waals surface area contributed by atoms with Gasteiger partial charge < -0.3 is 34.8 Å². The number of aliphatic hydroxyl groups excluding tert-OH is 1. The molecule has 1 saturated heterocycles. The van der Waals surface area contributed by atoms with Crippen molar-refractivity contribution in [3.05, 3.63) is 73.6 Å². The molecule has 4 aromatic rings. The molecule has 0 unspecified atom stereocenters. The monoisotopic (exact) mass is 621 g/mol. The maximum Gasteiger partial charge on any atom is 0.261 e. The second kappa shape index (κ2) is 12.0. The van der Waals surface area contributed by atoms with Crippen LogP contribution in [0.4, 0.5) is 5.69 Å². The molecule has 1 atom stereocenters. The predicted molar refractivity (Wildman–Crippen MR) is 164 cm³/mol. The van der Waals surface area contributed by atoms with Crippen LogP contribution in [0.1, 0.15) is 47.1 Å². The van der Waals surface area contributed by atoms with Gasteiger partial charge in [0, 0.05) is 32.8 Å². The molecule has 0 amide bonds. The van der Waals surface area contributed by atoms with E-state index >= 15 is 0 Å². The third-order valence-electron chi connectivity index (χ3n) is 8.30. The summed E-state index contributed by atoms with van der Waals surface area (Å²) in [7, 11) is 1.75. The van der Waals surface area contributed by atoms with Crippen LogP contribution in [-0.4, -0.2) is 71.5 Å². The minimum absolute atomic E-state index is 0.231. The van der Waals surface area contributed by atoms with Crippen molar-refractivity contribution in [2.45, 2.75) is 38.2 Å². The lowest BCUT2D eigenvalue weighted by Crippen LogP contribution is -2.35. The molecule has 6 rings (SSSR count). The third-order valence-corrected chi connectivity index (χ3v) is 8.89. The molecule has 0 spiro atoms. The first-order chi connectivity index (χ1) is 19.9. The predicted octanol–water partition coefficient (Wildman–Crippen LogP) is 4.90. The number of aromatic nitrogens is 3. The van der Waals surface area contributed by atoms with E-state index in [4.69, 9.17) is 14.5 Å². The highest BCUT2D eigenvalue weighted by Crippen LogP contribution is 2.37. The Labute approximate surface area is 247 Å². The molecule has 2 aromatic carbocycles. The van der Waals surface area contributed by atoms with E-state index in [0.29, 0.717) is 29.6 Å². The van der Waals surface area contributed by atoms with Crippen LogP contribution in [0.15, 0.2) is 45.8 Å². The number of methoxy groups -OCH3 is 1. The molecule has 41 heavy (non-hydrogen) atoms. The van der Waals surface area contributed by atoms with Gasteiger partial charge in [0.05, 0.1) is 40.5 Å². The molecule has 2 aromatic heterocycles. The highest BCUT2D eigenvalue weighted by Gasteiger charge is 2.23. The van der Waals surface area contributed by atoms with E-state index in [1.807, 2.05) is 12.1 Å². The largest absolute Gasteiger partial charge is 0.492 e. The zero-order chi connectivity index (χ0) is 28.5. The number of hydrogen-bond donors (Lipinski definition) is 4. The molecule has 1 fully saturated rings. The van der Waals surface area contributed by atoms with E-state index in [1.54, 1.807) is 19.4 Å². The van der Waals surface area contributed by atoms with E-state index in [1.165, 1.54) is 5.56 Å². The zero-order valence-electron chi connectivity index (χ0n) is 23.4. The van der Waals surface area contributed by atoms with Crippen LogP contribution in [0.2, 0.25) is 0 Å². The summed E-state index contributed by atoms with van der Waals surface area (Å²) in [6.07, 6.45) is 3.87. The Bertz CT molecular complexity index is 1610. The Kier molecular flexibility index (Phi) is 8.16. The highest BCUT2D eigenvalue weighted by atomic mass is 79.9. The lowest BCUT2D eigenvalue weighted by molar-refractivity contribution is 0.130. The number of nitrogens with zero attached hydrogens (tertiary/aromatic N) is 2. The Morgan fingerprint density at radius 1 is 1.27 bits per heavy atom. The SMILES string of the molecule is COCCN1CCC(c2cc(C)c3nc(-c4c(NC[C@@H](O)c5cc(Br)c6c(c5)CCO6)cc[nH]c4=O)[nH]c3c2)CC1. The fourth-order valence-corrected chi connectivity index (χ4v) is 6.68. The summed E-state index contributed by atoms with van der Waals surface area (Å²) in [6, 6.07) is 10.1. The minimum atomic E-state index is -0.772. The summed E-state index contributed by atoms with van der Waals surface area (Å²) in [5, 5.41) is 14.3. The number of aryl methyl sites for hydroxylation is 1. The number of halogens is 1. The van der Waals surface area contributed by atoms with Crippen molar-refractivity contribution < 1.29 is 14.6 Å². The molecule has 4 heterocycles. The van der Waals surface area contributed by atoms with Crippen molar-refractivity contribution in [2.75, 3.05) is 51.8 Å². The molecule has 0 saturated carbocycles. The molecule has 216 valence electrons. The van der Waals surface area contributed by atoms with Gasteiger partial charge >= 0.3 is 0 Å². The fourth-order valence-electron chi connectivity index (χ4n) is 6.04. The van der Waals surface area contributed by atoms with Gasteiger partial charge in [0.15, 0.2) is 0 Å². The second-order valence-corrected chi connectivity index (χ2v) is 11.9. The summed E-state index contributed by atoms with van der Waals surface area (Å²) in [4.78, 5) is 26.6. The van der Waals surface area contributed by atoms with Crippen LogP contribution in [0.5, 0.6) is 5.75 Å². The summed E-state index contributed by atoms with van der Waals surface area (Å²) in [5.74, 6) is 1.85. The molecule has 9 nitrogen and oxygen atoms in total. The van der Waals surface area contributed by atoms with E-state index < -0.39 is 6.10 Å². The normalized spacial score (nSPS) is 16.6. The second-order valence-electron chi connectivity index (χ2n) is 11.0. The van der Waals surface area contributed by atoms with Gasteiger partial charge in [0.1, 0.15) is 17.1 Å². The zero-order valence-corrected chi connectivity index (χ0v) is 25.0. The van der Waals surface area contributed by atoms with Crippen molar-refractivity contribution >= 4 is 32.7 Å². The van der Waals surface area contributed by atoms with Crippen LogP contribution >= 0.6 is 15.9 Å². The van der Waals surface area contributed by atoms with Crippen LogP contribution in [-0.2, 0) is 11.2 Å². The van der Waals surface area contributed by atoms with Crippen LogP contribution in [0, 0.1) is 6.92 Å². The standard InChI is InChI=1S/C31H36BrN5O4/c1-18-13-21(19-4-8-37(9-5-19)10-12-40-2)16-25-28(18)36-30(35-25)27-24(3-7-33-31(27)39)34-17-26(38)22-14-20-6-11-41-29(20)23(32)15-22/h3,7,13-16,19,26,38H,4-6,8-12,17H2,1-2H3,(H,35,36)(H2,33,34,39)/t26-/m1/s1. The van der Waals surface area contributed by atoms with E-state index in [9.17, 15) is 9.90 Å². The van der Waals surface area contributed by atoms with Crippen LogP contribution in [0.3, 0.4) is 0 Å². The number of ether oxygens (including phenoxy) is 2. The van der Waals surface area contributed by atoms with E-state index in [2.05, 4.69) is 55.2 Å². The molecule has 0 bridgehead atoms. The minimum Gasteiger partial charge on any atom is -0.492 e. The number of likely N-dealkylation sites (tertiary alicyclic amines) is 1. The number of rotatable bonds is 9. The van der Waals surface area contributed by atoms with Gasteiger partial charge in [-0.05, 0) is 101 Å². The molecule has 2 aliphatic heterocycles. The van der Waals surface area contributed by atoms with E-state index in [-0.39, 0.29) is 12.1 Å². The quantitative estimate of drug-likeness (QED) is 0.210. The maximum absolute atomic E-state index is 13.1. The van der Waals surface area contributed by atoms with Gasteiger partial charge in [-0.25, -0.2) is 4.98 Å². The number of benzene rings is 2. The fraction of sp³-hybridized carbons (Fsp3) is 0.419. The Morgan fingerprint density at radius 3 is 2.90 bits per heavy atom. The maximum atomic E-state index is 13.1. The third kappa shape index (κ3) is 5.79. The number of anilines is 1. The number of nitrogens with one attached hydrogen (secondary N) is 3. The number of aliphatic hydroxyl groups is 1. The number of H-pyrrole nitrogens is 2. The van der Waals surface area contributed by atoms with Crippen molar-refractivity contribution in [3.63, 3.8) is 0 Å². The number of hydrogen-bond acceptors (Lipinski definition) is 7. The first-order valence-corrected chi connectivity index (χ1v) is 15.0. The first kappa shape index (κ1) is 28.0. The number of fused-ring (bicyclic) bond motifs is 2. The number of aromatic amines is 2. The first-order valence-electron chi connectivity index (χ1n) is 14.2. The number of pyridine rings is 1. The molecule has 4 N–H and O–H groups in total. The molecule has 0 aliphatic carbocycles. The summed E-state index contributed by atoms with van der Waals surface area (Å²) >= 11 is 3.56. The van der Waals surface area contributed by atoms with Crippen molar-refractivity contribution in [1.82, 2.24) is 19.9 Å². The lowest BCUT2D eigenvalue weighted by Gasteiger charge is -2.32. The topological polar surface area (TPSA) is 116 Å². The average molecular weight is 623 g/mol. The molecular formula is C31H36BrN5O4. The molecule has 2 aliphatic rings.